The van der Waals surface area contributed by atoms with Crippen molar-refractivity contribution in [2.24, 2.45) is 0 Å². The highest BCUT2D eigenvalue weighted by Crippen LogP contribution is 2.38. The fourth-order valence-electron chi connectivity index (χ4n) is 3.06. The molecule has 0 atom stereocenters. The number of benzene rings is 1. The number of aromatic nitrogens is 2. The lowest BCUT2D eigenvalue weighted by molar-refractivity contribution is 0.769. The molecule has 0 amide bonds. The molecule has 0 bridgehead atoms. The van der Waals surface area contributed by atoms with Crippen molar-refractivity contribution in [1.29, 1.82) is 0 Å². The number of hydrogen-bond donors (Lipinski definition) is 1. The molecule has 2 aromatic heterocycles. The van der Waals surface area contributed by atoms with Crippen LogP contribution in [0.5, 0.6) is 0 Å². The monoisotopic (exact) mass is 297 g/mol. The van der Waals surface area contributed by atoms with Gasteiger partial charge in [0.1, 0.15) is 10.6 Å². The van der Waals surface area contributed by atoms with Gasteiger partial charge in [-0.15, -0.1) is 11.3 Å². The van der Waals surface area contributed by atoms with Crippen LogP contribution in [0.25, 0.3) is 10.2 Å². The average Bonchev–Trinajstić information content (AvgIpc) is 3.04. The summed E-state index contributed by atoms with van der Waals surface area (Å²) < 4.78 is 1.75. The Morgan fingerprint density at radius 2 is 2.05 bits per heavy atom. The Morgan fingerprint density at radius 1 is 1.24 bits per heavy atom. The fourth-order valence-corrected chi connectivity index (χ4v) is 4.45. The quantitative estimate of drug-likeness (QED) is 0.791. The Labute approximate surface area is 125 Å². The van der Waals surface area contributed by atoms with Crippen molar-refractivity contribution in [3.8, 4) is 0 Å². The molecule has 5 heteroatoms. The standard InChI is InChI=1S/C16H15N3OS/c17-14-13-11-7-4-8-12(11)21-15(13)19(16(20)18-14)9-10-5-2-1-3-6-10/h1-3,5-6H,4,7-9H2,(H2,17,18,20). The summed E-state index contributed by atoms with van der Waals surface area (Å²) in [5, 5.41) is 1.00. The predicted molar refractivity (Wildman–Crippen MR) is 85.9 cm³/mol. The highest BCUT2D eigenvalue weighted by Gasteiger charge is 2.22. The van der Waals surface area contributed by atoms with E-state index in [1.54, 1.807) is 15.9 Å². The van der Waals surface area contributed by atoms with Gasteiger partial charge in [0.2, 0.25) is 0 Å². The minimum Gasteiger partial charge on any atom is -0.383 e. The molecule has 0 fully saturated rings. The second kappa shape index (κ2) is 4.70. The molecule has 1 aromatic carbocycles. The molecule has 106 valence electrons. The zero-order valence-electron chi connectivity index (χ0n) is 11.5. The number of rotatable bonds is 2. The third-order valence-electron chi connectivity index (χ3n) is 4.03. The molecule has 4 nitrogen and oxygen atoms in total. The topological polar surface area (TPSA) is 60.9 Å². The first-order valence-corrected chi connectivity index (χ1v) is 7.90. The largest absolute Gasteiger partial charge is 0.383 e. The molecule has 0 spiro atoms. The van der Waals surface area contributed by atoms with Gasteiger partial charge >= 0.3 is 5.69 Å². The summed E-state index contributed by atoms with van der Waals surface area (Å²) in [4.78, 5) is 18.6. The first-order chi connectivity index (χ1) is 10.2. The predicted octanol–water partition coefficient (Wildman–Crippen LogP) is 2.58. The van der Waals surface area contributed by atoms with Crippen molar-refractivity contribution in [1.82, 2.24) is 9.55 Å². The Balaban J connectivity index is 1.95. The van der Waals surface area contributed by atoms with E-state index in [0.717, 1.165) is 28.6 Å². The molecule has 0 radical (unpaired) electrons. The van der Waals surface area contributed by atoms with Crippen molar-refractivity contribution in [2.45, 2.75) is 25.8 Å². The van der Waals surface area contributed by atoms with Crippen LogP contribution < -0.4 is 11.4 Å². The van der Waals surface area contributed by atoms with Crippen LogP contribution in [0.15, 0.2) is 35.1 Å². The second-order valence-electron chi connectivity index (χ2n) is 5.39. The third kappa shape index (κ3) is 1.96. The summed E-state index contributed by atoms with van der Waals surface area (Å²) in [6, 6.07) is 9.99. The lowest BCUT2D eigenvalue weighted by atomic mass is 10.2. The molecule has 21 heavy (non-hydrogen) atoms. The zero-order chi connectivity index (χ0) is 14.4. The van der Waals surface area contributed by atoms with E-state index >= 15 is 0 Å². The van der Waals surface area contributed by atoms with E-state index in [1.165, 1.54) is 16.9 Å². The van der Waals surface area contributed by atoms with Crippen LogP contribution in [-0.4, -0.2) is 9.55 Å². The van der Waals surface area contributed by atoms with Crippen LogP contribution in [-0.2, 0) is 19.4 Å². The Morgan fingerprint density at radius 3 is 2.86 bits per heavy atom. The minimum atomic E-state index is -0.260. The highest BCUT2D eigenvalue weighted by molar-refractivity contribution is 7.19. The maximum Gasteiger partial charge on any atom is 0.350 e. The molecule has 0 saturated carbocycles. The van der Waals surface area contributed by atoms with Crippen LogP contribution in [0.2, 0.25) is 0 Å². The van der Waals surface area contributed by atoms with Gasteiger partial charge in [0.25, 0.3) is 0 Å². The van der Waals surface area contributed by atoms with E-state index in [9.17, 15) is 4.79 Å². The van der Waals surface area contributed by atoms with Crippen LogP contribution in [0.4, 0.5) is 5.82 Å². The molecule has 0 saturated heterocycles. The smallest absolute Gasteiger partial charge is 0.350 e. The van der Waals surface area contributed by atoms with Gasteiger partial charge < -0.3 is 5.73 Å². The summed E-state index contributed by atoms with van der Waals surface area (Å²) in [6.07, 6.45) is 3.31. The Hall–Kier alpha value is -2.14. The molecule has 2 heterocycles. The van der Waals surface area contributed by atoms with E-state index in [1.807, 2.05) is 30.3 Å². The third-order valence-corrected chi connectivity index (χ3v) is 5.35. The number of nitrogens with two attached hydrogens (primary N) is 1. The highest BCUT2D eigenvalue weighted by atomic mass is 32.1. The number of nitrogen functional groups attached to an aromatic ring is 1. The summed E-state index contributed by atoms with van der Waals surface area (Å²) in [6.45, 7) is 0.544. The van der Waals surface area contributed by atoms with Gasteiger partial charge in [0.05, 0.1) is 11.9 Å². The van der Waals surface area contributed by atoms with Crippen molar-refractivity contribution >= 4 is 27.4 Å². The summed E-state index contributed by atoms with van der Waals surface area (Å²) in [5.74, 6) is 0.388. The molecule has 3 aromatic rings. The van der Waals surface area contributed by atoms with Crippen molar-refractivity contribution in [2.75, 3.05) is 5.73 Å². The van der Waals surface area contributed by atoms with Gasteiger partial charge in [-0.1, -0.05) is 30.3 Å². The van der Waals surface area contributed by atoms with Gasteiger partial charge in [0.15, 0.2) is 0 Å². The lowest BCUT2D eigenvalue weighted by Crippen LogP contribution is -2.24. The van der Waals surface area contributed by atoms with Crippen molar-refractivity contribution < 1.29 is 0 Å². The second-order valence-corrected chi connectivity index (χ2v) is 6.47. The SMILES string of the molecule is Nc1nc(=O)n(Cc2ccccc2)c2sc3c(c12)CCC3. The molecule has 2 N–H and O–H groups in total. The first-order valence-electron chi connectivity index (χ1n) is 7.08. The van der Waals surface area contributed by atoms with Gasteiger partial charge in [-0.25, -0.2) is 4.79 Å². The molecule has 0 unspecified atom stereocenters. The zero-order valence-corrected chi connectivity index (χ0v) is 12.3. The molecule has 1 aliphatic rings. The van der Waals surface area contributed by atoms with Crippen LogP contribution in [0.1, 0.15) is 22.4 Å². The van der Waals surface area contributed by atoms with E-state index in [-0.39, 0.29) is 5.69 Å². The van der Waals surface area contributed by atoms with E-state index < -0.39 is 0 Å². The normalized spacial score (nSPS) is 13.7. The number of hydrogen-bond acceptors (Lipinski definition) is 4. The van der Waals surface area contributed by atoms with E-state index in [0.29, 0.717) is 12.4 Å². The number of anilines is 1. The summed E-state index contributed by atoms with van der Waals surface area (Å²) in [5.41, 5.74) is 8.16. The summed E-state index contributed by atoms with van der Waals surface area (Å²) in [7, 11) is 0. The molecule has 4 rings (SSSR count). The van der Waals surface area contributed by atoms with E-state index in [2.05, 4.69) is 4.98 Å². The number of fused-ring (bicyclic) bond motifs is 3. The Kier molecular flexibility index (Phi) is 2.82. The van der Waals surface area contributed by atoms with Gasteiger partial charge in [0, 0.05) is 4.88 Å². The van der Waals surface area contributed by atoms with Crippen molar-refractivity contribution in [3.05, 3.63) is 56.8 Å². The average molecular weight is 297 g/mol. The van der Waals surface area contributed by atoms with Crippen LogP contribution >= 0.6 is 11.3 Å². The number of nitrogens with zero attached hydrogens (tertiary/aromatic N) is 2. The van der Waals surface area contributed by atoms with Crippen molar-refractivity contribution in [3.63, 3.8) is 0 Å². The maximum absolute atomic E-state index is 12.3. The number of thiophene rings is 1. The fraction of sp³-hybridized carbons (Fsp3) is 0.250. The molecule has 1 aliphatic carbocycles. The summed E-state index contributed by atoms with van der Waals surface area (Å²) >= 11 is 1.70. The maximum atomic E-state index is 12.3. The first kappa shape index (κ1) is 12.6. The molecule has 0 aliphatic heterocycles. The van der Waals surface area contributed by atoms with Crippen LogP contribution in [0, 0.1) is 0 Å². The van der Waals surface area contributed by atoms with E-state index in [4.69, 9.17) is 5.73 Å². The Bertz CT molecular complexity index is 880. The molecular formula is C16H15N3OS. The van der Waals surface area contributed by atoms with Gasteiger partial charge in [-0.05, 0) is 30.4 Å². The van der Waals surface area contributed by atoms with Crippen LogP contribution in [0.3, 0.4) is 0 Å². The lowest BCUT2D eigenvalue weighted by Gasteiger charge is -2.08. The van der Waals surface area contributed by atoms with Gasteiger partial charge in [-0.3, -0.25) is 4.57 Å². The van der Waals surface area contributed by atoms with Gasteiger partial charge in [-0.2, -0.15) is 4.98 Å². The number of aryl methyl sites for hydroxylation is 2. The minimum absolute atomic E-state index is 0.260. The molecular weight excluding hydrogens is 282 g/mol.